The standard InChI is InChI=1S/C8H9/c1-3-5-7-8-6-4-2/h1,3-8H,2H2. The molecule has 0 unspecified atom stereocenters. The number of hydrogen-bond acceptors (Lipinski definition) is 0. The van der Waals surface area contributed by atoms with Gasteiger partial charge in [-0.3, -0.25) is 0 Å². The fourth-order valence-electron chi connectivity index (χ4n) is 0.271. The highest BCUT2D eigenvalue weighted by molar-refractivity contribution is 5.12. The van der Waals surface area contributed by atoms with Crippen LogP contribution in [0.15, 0.2) is 43.0 Å². The van der Waals surface area contributed by atoms with Crippen molar-refractivity contribution in [3.63, 3.8) is 0 Å². The van der Waals surface area contributed by atoms with Gasteiger partial charge in [0.05, 0.1) is 0 Å². The zero-order chi connectivity index (χ0) is 6.24. The summed E-state index contributed by atoms with van der Waals surface area (Å²) in [6, 6.07) is 0. The molecule has 0 aliphatic rings. The summed E-state index contributed by atoms with van der Waals surface area (Å²) in [5.74, 6) is 0. The first-order valence-corrected chi connectivity index (χ1v) is 2.41. The van der Waals surface area contributed by atoms with Crippen LogP contribution in [0.25, 0.3) is 0 Å². The topological polar surface area (TPSA) is 0 Å². The maximum atomic E-state index is 5.04. The van der Waals surface area contributed by atoms with Crippen LogP contribution in [0.4, 0.5) is 0 Å². The minimum Gasteiger partial charge on any atom is -0.0991 e. The van der Waals surface area contributed by atoms with Crippen LogP contribution >= 0.6 is 0 Å². The molecule has 41 valence electrons. The molecule has 0 aliphatic heterocycles. The first-order valence-electron chi connectivity index (χ1n) is 2.41. The first-order chi connectivity index (χ1) is 3.91. The van der Waals surface area contributed by atoms with Gasteiger partial charge in [0.2, 0.25) is 0 Å². The Morgan fingerprint density at radius 3 is 2.12 bits per heavy atom. The molecule has 0 atom stereocenters. The molecule has 0 aromatic rings. The van der Waals surface area contributed by atoms with Crippen molar-refractivity contribution < 1.29 is 0 Å². The summed E-state index contributed by atoms with van der Waals surface area (Å²) in [5, 5.41) is 0. The summed E-state index contributed by atoms with van der Waals surface area (Å²) in [6.07, 6.45) is 10.5. The van der Waals surface area contributed by atoms with Crippen molar-refractivity contribution in [2.45, 2.75) is 0 Å². The average molecular weight is 105 g/mol. The molecule has 8 heavy (non-hydrogen) atoms. The Labute approximate surface area is 50.5 Å². The van der Waals surface area contributed by atoms with Gasteiger partial charge in [0.15, 0.2) is 0 Å². The molecule has 1 radical (unpaired) electrons. The molecule has 0 rings (SSSR count). The van der Waals surface area contributed by atoms with Gasteiger partial charge < -0.3 is 0 Å². The Bertz CT molecular complexity index is 100. The lowest BCUT2D eigenvalue weighted by molar-refractivity contribution is 1.90. The monoisotopic (exact) mass is 105 g/mol. The maximum Gasteiger partial charge on any atom is -0.0623 e. The van der Waals surface area contributed by atoms with E-state index in [0.29, 0.717) is 0 Å². The smallest absolute Gasteiger partial charge is 0.0623 e. The van der Waals surface area contributed by atoms with Crippen LogP contribution in [-0.2, 0) is 0 Å². The van der Waals surface area contributed by atoms with Gasteiger partial charge >= 0.3 is 0 Å². The Hall–Kier alpha value is -1.04. The summed E-state index contributed by atoms with van der Waals surface area (Å²) in [5.41, 5.74) is 0. The molecule has 0 saturated heterocycles. The van der Waals surface area contributed by atoms with E-state index in [1.54, 1.807) is 12.2 Å². The molecule has 0 amide bonds. The van der Waals surface area contributed by atoms with E-state index in [1.165, 1.54) is 6.08 Å². The fraction of sp³-hybridized carbons (Fsp3) is 0. The van der Waals surface area contributed by atoms with Gasteiger partial charge in [-0.1, -0.05) is 49.6 Å². The Morgan fingerprint density at radius 1 is 1.00 bits per heavy atom. The van der Waals surface area contributed by atoms with Crippen molar-refractivity contribution in [3.05, 3.63) is 49.6 Å². The molecular formula is C8H9. The number of allylic oxidation sites excluding steroid dienone is 6. The van der Waals surface area contributed by atoms with Gasteiger partial charge in [0.1, 0.15) is 0 Å². The van der Waals surface area contributed by atoms with E-state index in [-0.39, 0.29) is 0 Å². The summed E-state index contributed by atoms with van der Waals surface area (Å²) in [4.78, 5) is 0. The van der Waals surface area contributed by atoms with Crippen molar-refractivity contribution in [1.82, 2.24) is 0 Å². The van der Waals surface area contributed by atoms with E-state index < -0.39 is 0 Å². The lowest BCUT2D eigenvalue weighted by Crippen LogP contribution is -1.45. The van der Waals surface area contributed by atoms with E-state index in [9.17, 15) is 0 Å². The second-order valence-corrected chi connectivity index (χ2v) is 1.20. The normalized spacial score (nSPS) is 10.5. The number of hydrogen-bond donors (Lipinski definition) is 0. The van der Waals surface area contributed by atoms with Crippen molar-refractivity contribution in [1.29, 1.82) is 0 Å². The van der Waals surface area contributed by atoms with Gasteiger partial charge in [-0.2, -0.15) is 0 Å². The Morgan fingerprint density at radius 2 is 1.62 bits per heavy atom. The third-order valence-electron chi connectivity index (χ3n) is 0.581. The predicted octanol–water partition coefficient (Wildman–Crippen LogP) is 2.27. The molecule has 0 aromatic heterocycles. The van der Waals surface area contributed by atoms with Crippen molar-refractivity contribution in [3.8, 4) is 0 Å². The highest BCUT2D eigenvalue weighted by atomic mass is 13.6. The van der Waals surface area contributed by atoms with Crippen LogP contribution in [0.3, 0.4) is 0 Å². The third-order valence-corrected chi connectivity index (χ3v) is 0.581. The van der Waals surface area contributed by atoms with Gasteiger partial charge in [-0.15, -0.1) is 0 Å². The van der Waals surface area contributed by atoms with Crippen LogP contribution in [0.2, 0.25) is 0 Å². The highest BCUT2D eigenvalue weighted by Crippen LogP contribution is 1.76. The lowest BCUT2D eigenvalue weighted by Gasteiger charge is -1.67. The largest absolute Gasteiger partial charge is 0.0991 e. The van der Waals surface area contributed by atoms with Crippen molar-refractivity contribution >= 4 is 0 Å². The van der Waals surface area contributed by atoms with Crippen LogP contribution in [0.1, 0.15) is 0 Å². The molecule has 0 bridgehead atoms. The minimum absolute atomic E-state index is 1.48. The van der Waals surface area contributed by atoms with E-state index in [1.807, 2.05) is 18.2 Å². The van der Waals surface area contributed by atoms with Gasteiger partial charge in [-0.25, -0.2) is 0 Å². The van der Waals surface area contributed by atoms with Gasteiger partial charge in [-0.05, 0) is 0 Å². The second-order valence-electron chi connectivity index (χ2n) is 1.20. The second kappa shape index (κ2) is 5.96. The number of rotatable bonds is 3. The van der Waals surface area contributed by atoms with Gasteiger partial charge in [0.25, 0.3) is 0 Å². The Kier molecular flexibility index (Phi) is 5.19. The van der Waals surface area contributed by atoms with E-state index in [2.05, 4.69) is 6.58 Å². The molecular weight excluding hydrogens is 96.1 g/mol. The summed E-state index contributed by atoms with van der Waals surface area (Å²) >= 11 is 0. The molecule has 0 heterocycles. The van der Waals surface area contributed by atoms with E-state index in [0.717, 1.165) is 0 Å². The van der Waals surface area contributed by atoms with E-state index in [4.69, 9.17) is 6.58 Å². The predicted molar refractivity (Wildman–Crippen MR) is 37.3 cm³/mol. The minimum atomic E-state index is 1.48. The summed E-state index contributed by atoms with van der Waals surface area (Å²) in [7, 11) is 0. The first kappa shape index (κ1) is 6.96. The summed E-state index contributed by atoms with van der Waals surface area (Å²) < 4.78 is 0. The Balaban J connectivity index is 3.41. The zero-order valence-corrected chi connectivity index (χ0v) is 4.75. The van der Waals surface area contributed by atoms with Crippen LogP contribution < -0.4 is 0 Å². The van der Waals surface area contributed by atoms with Crippen LogP contribution in [-0.4, -0.2) is 0 Å². The third kappa shape index (κ3) is 4.96. The lowest BCUT2D eigenvalue weighted by atomic mass is 10.4. The summed E-state index contributed by atoms with van der Waals surface area (Å²) in [6.45, 7) is 8.54. The zero-order valence-electron chi connectivity index (χ0n) is 4.75. The average Bonchev–Trinajstić information content (AvgIpc) is 1.81. The SMILES string of the molecule is [CH]=CC=CC=CC=C. The van der Waals surface area contributed by atoms with E-state index >= 15 is 0 Å². The quantitative estimate of drug-likeness (QED) is 0.483. The van der Waals surface area contributed by atoms with Crippen molar-refractivity contribution in [2.75, 3.05) is 0 Å². The van der Waals surface area contributed by atoms with Crippen LogP contribution in [0.5, 0.6) is 0 Å². The van der Waals surface area contributed by atoms with Crippen LogP contribution in [0, 0.1) is 6.58 Å². The molecule has 0 spiro atoms. The maximum absolute atomic E-state index is 5.04. The molecule has 0 heteroatoms. The molecule has 0 saturated carbocycles. The molecule has 0 aliphatic carbocycles. The van der Waals surface area contributed by atoms with Gasteiger partial charge in [0, 0.05) is 0 Å². The molecule has 0 fully saturated rings. The van der Waals surface area contributed by atoms with Crippen molar-refractivity contribution in [2.24, 2.45) is 0 Å². The molecule has 0 N–H and O–H groups in total. The fourth-order valence-corrected chi connectivity index (χ4v) is 0.271. The molecule has 0 aromatic carbocycles. The highest BCUT2D eigenvalue weighted by Gasteiger charge is 1.54. The molecule has 0 nitrogen and oxygen atoms in total.